The largest absolute Gasteiger partial charge is 0.348 e. The van der Waals surface area contributed by atoms with Gasteiger partial charge in [0.25, 0.3) is 0 Å². The van der Waals surface area contributed by atoms with E-state index in [0.29, 0.717) is 16.4 Å². The molecule has 0 unspecified atom stereocenters. The Balaban J connectivity index is 2.98. The highest BCUT2D eigenvalue weighted by Crippen LogP contribution is 2.30. The molecule has 2 nitrogen and oxygen atoms in total. The van der Waals surface area contributed by atoms with Crippen LogP contribution in [0.4, 0.5) is 4.39 Å². The molecule has 0 saturated carbocycles. The summed E-state index contributed by atoms with van der Waals surface area (Å²) < 4.78 is 16.4. The van der Waals surface area contributed by atoms with Gasteiger partial charge in [0, 0.05) is 24.7 Å². The van der Waals surface area contributed by atoms with Gasteiger partial charge in [-0.05, 0) is 40.5 Å². The average Bonchev–Trinajstić information content (AvgIpc) is 2.47. The van der Waals surface area contributed by atoms with Gasteiger partial charge >= 0.3 is 0 Å². The van der Waals surface area contributed by atoms with E-state index in [0.717, 1.165) is 16.8 Å². The van der Waals surface area contributed by atoms with E-state index in [1.807, 2.05) is 24.6 Å². The second kappa shape index (κ2) is 3.61. The van der Waals surface area contributed by atoms with Crippen LogP contribution in [0.1, 0.15) is 11.3 Å². The van der Waals surface area contributed by atoms with Crippen molar-refractivity contribution in [2.75, 3.05) is 0 Å². The summed E-state index contributed by atoms with van der Waals surface area (Å²) in [5.41, 5.74) is 8.44. The van der Waals surface area contributed by atoms with Crippen LogP contribution in [0.15, 0.2) is 16.6 Å². The summed E-state index contributed by atoms with van der Waals surface area (Å²) in [6.07, 6.45) is 0. The third-order valence-electron chi connectivity index (χ3n) is 2.88. The van der Waals surface area contributed by atoms with Gasteiger partial charge in [0.15, 0.2) is 0 Å². The Morgan fingerprint density at radius 1 is 1.47 bits per heavy atom. The van der Waals surface area contributed by atoms with Crippen molar-refractivity contribution in [1.82, 2.24) is 4.57 Å². The Morgan fingerprint density at radius 3 is 2.73 bits per heavy atom. The molecule has 0 spiro atoms. The lowest BCUT2D eigenvalue weighted by Gasteiger charge is -1.99. The van der Waals surface area contributed by atoms with Gasteiger partial charge in [-0.1, -0.05) is 0 Å². The van der Waals surface area contributed by atoms with Crippen LogP contribution in [-0.4, -0.2) is 4.57 Å². The van der Waals surface area contributed by atoms with Gasteiger partial charge in [0.05, 0.1) is 9.99 Å². The summed E-state index contributed by atoms with van der Waals surface area (Å²) in [5.74, 6) is -0.225. The lowest BCUT2D eigenvalue weighted by atomic mass is 10.1. The van der Waals surface area contributed by atoms with Crippen molar-refractivity contribution >= 4 is 26.8 Å². The van der Waals surface area contributed by atoms with E-state index < -0.39 is 0 Å². The standard InChI is InChI=1S/C11H12BrFN2/c1-6-7(5-14)10-9(15(6)2)4-3-8(12)11(10)13/h3-4H,5,14H2,1-2H3. The predicted molar refractivity (Wildman–Crippen MR) is 63.2 cm³/mol. The van der Waals surface area contributed by atoms with E-state index in [9.17, 15) is 4.39 Å². The number of nitrogens with two attached hydrogens (primary N) is 1. The van der Waals surface area contributed by atoms with Crippen LogP contribution < -0.4 is 5.73 Å². The zero-order valence-corrected chi connectivity index (χ0v) is 10.2. The second-order valence-corrected chi connectivity index (χ2v) is 4.44. The molecule has 0 bridgehead atoms. The van der Waals surface area contributed by atoms with E-state index in [-0.39, 0.29) is 5.82 Å². The van der Waals surface area contributed by atoms with Gasteiger partial charge in [-0.3, -0.25) is 0 Å². The normalized spacial score (nSPS) is 11.3. The Bertz CT molecular complexity index is 531. The lowest BCUT2D eigenvalue weighted by molar-refractivity contribution is 0.632. The van der Waals surface area contributed by atoms with E-state index in [4.69, 9.17) is 5.73 Å². The topological polar surface area (TPSA) is 30.9 Å². The maximum Gasteiger partial charge on any atom is 0.147 e. The minimum atomic E-state index is -0.225. The first kappa shape index (κ1) is 10.6. The molecule has 0 amide bonds. The van der Waals surface area contributed by atoms with Gasteiger partial charge in [-0.25, -0.2) is 4.39 Å². The first-order valence-corrected chi connectivity index (χ1v) is 5.49. The maximum absolute atomic E-state index is 13.9. The number of halogens is 2. The number of aryl methyl sites for hydroxylation is 1. The molecule has 0 aliphatic rings. The average molecular weight is 271 g/mol. The van der Waals surface area contributed by atoms with Crippen LogP contribution in [0.2, 0.25) is 0 Å². The highest BCUT2D eigenvalue weighted by molar-refractivity contribution is 9.10. The van der Waals surface area contributed by atoms with Crippen molar-refractivity contribution in [3.05, 3.63) is 33.7 Å². The first-order chi connectivity index (χ1) is 7.07. The zero-order chi connectivity index (χ0) is 11.2. The molecule has 80 valence electrons. The van der Waals surface area contributed by atoms with Crippen LogP contribution in [0, 0.1) is 12.7 Å². The van der Waals surface area contributed by atoms with Gasteiger partial charge in [0.1, 0.15) is 5.82 Å². The van der Waals surface area contributed by atoms with E-state index in [1.54, 1.807) is 6.07 Å². The Morgan fingerprint density at radius 2 is 2.13 bits per heavy atom. The molecule has 1 aromatic carbocycles. The minimum absolute atomic E-state index is 0.225. The molecule has 1 aromatic heterocycles. The summed E-state index contributed by atoms with van der Waals surface area (Å²) in [6.45, 7) is 2.31. The number of fused-ring (bicyclic) bond motifs is 1. The molecule has 4 heteroatoms. The van der Waals surface area contributed by atoms with Gasteiger partial charge in [-0.15, -0.1) is 0 Å². The van der Waals surface area contributed by atoms with Crippen molar-refractivity contribution in [3.8, 4) is 0 Å². The summed E-state index contributed by atoms with van der Waals surface area (Å²) >= 11 is 3.19. The van der Waals surface area contributed by atoms with Crippen LogP contribution in [-0.2, 0) is 13.6 Å². The van der Waals surface area contributed by atoms with Crippen LogP contribution in [0.5, 0.6) is 0 Å². The van der Waals surface area contributed by atoms with Crippen molar-refractivity contribution in [3.63, 3.8) is 0 Å². The third kappa shape index (κ3) is 1.40. The molecular weight excluding hydrogens is 259 g/mol. The monoisotopic (exact) mass is 270 g/mol. The fourth-order valence-corrected chi connectivity index (χ4v) is 2.25. The summed E-state index contributed by atoms with van der Waals surface area (Å²) in [5, 5.41) is 0.631. The summed E-state index contributed by atoms with van der Waals surface area (Å²) in [6, 6.07) is 3.62. The molecule has 2 N–H and O–H groups in total. The highest BCUT2D eigenvalue weighted by atomic mass is 79.9. The number of nitrogens with zero attached hydrogens (tertiary/aromatic N) is 1. The lowest BCUT2D eigenvalue weighted by Crippen LogP contribution is -1.99. The van der Waals surface area contributed by atoms with Gasteiger partial charge in [-0.2, -0.15) is 0 Å². The second-order valence-electron chi connectivity index (χ2n) is 3.58. The number of hydrogen-bond donors (Lipinski definition) is 1. The Hall–Kier alpha value is -0.870. The first-order valence-electron chi connectivity index (χ1n) is 4.69. The zero-order valence-electron chi connectivity index (χ0n) is 8.64. The molecule has 1 heterocycles. The fourth-order valence-electron chi connectivity index (χ4n) is 1.92. The van der Waals surface area contributed by atoms with Crippen LogP contribution in [0.3, 0.4) is 0 Å². The number of aromatic nitrogens is 1. The molecule has 2 aromatic rings. The highest BCUT2D eigenvalue weighted by Gasteiger charge is 2.15. The quantitative estimate of drug-likeness (QED) is 0.849. The van der Waals surface area contributed by atoms with Crippen LogP contribution >= 0.6 is 15.9 Å². The van der Waals surface area contributed by atoms with E-state index in [1.165, 1.54) is 0 Å². The van der Waals surface area contributed by atoms with Gasteiger partial charge in [0.2, 0.25) is 0 Å². The predicted octanol–water partition coefficient (Wildman–Crippen LogP) is 2.85. The van der Waals surface area contributed by atoms with Gasteiger partial charge < -0.3 is 10.3 Å². The molecule has 2 rings (SSSR count). The molecule has 0 atom stereocenters. The van der Waals surface area contributed by atoms with Crippen molar-refractivity contribution in [2.45, 2.75) is 13.5 Å². The molecule has 0 saturated heterocycles. The molecular formula is C11H12BrFN2. The van der Waals surface area contributed by atoms with Crippen LogP contribution in [0.25, 0.3) is 10.9 Å². The van der Waals surface area contributed by atoms with Crippen molar-refractivity contribution < 1.29 is 4.39 Å². The molecule has 0 aliphatic heterocycles. The smallest absolute Gasteiger partial charge is 0.147 e. The summed E-state index contributed by atoms with van der Waals surface area (Å²) in [4.78, 5) is 0. The number of hydrogen-bond acceptors (Lipinski definition) is 1. The molecule has 0 aliphatic carbocycles. The maximum atomic E-state index is 13.9. The van der Waals surface area contributed by atoms with Crippen molar-refractivity contribution in [2.24, 2.45) is 12.8 Å². The number of rotatable bonds is 1. The summed E-state index contributed by atoms with van der Waals surface area (Å²) in [7, 11) is 1.92. The van der Waals surface area contributed by atoms with Crippen molar-refractivity contribution in [1.29, 1.82) is 0 Å². The number of benzene rings is 1. The molecule has 15 heavy (non-hydrogen) atoms. The van der Waals surface area contributed by atoms with E-state index >= 15 is 0 Å². The molecule has 0 radical (unpaired) electrons. The minimum Gasteiger partial charge on any atom is -0.348 e. The van der Waals surface area contributed by atoms with E-state index in [2.05, 4.69) is 15.9 Å². The fraction of sp³-hybridized carbons (Fsp3) is 0.273. The SMILES string of the molecule is Cc1c(CN)c2c(F)c(Br)ccc2n1C. The third-order valence-corrected chi connectivity index (χ3v) is 3.49. The Labute approximate surface area is 96.0 Å². The Kier molecular flexibility index (Phi) is 2.56. The molecule has 0 fully saturated rings.